The molecule has 6 nitrogen and oxygen atoms in total. The average molecular weight is 273 g/mol. The van der Waals surface area contributed by atoms with Crippen LogP contribution in [0.5, 0.6) is 0 Å². The predicted molar refractivity (Wildman–Crippen MR) is 66.2 cm³/mol. The Hall–Kier alpha value is -1.20. The van der Waals surface area contributed by atoms with Gasteiger partial charge in [-0.05, 0) is 18.4 Å². The van der Waals surface area contributed by atoms with Gasteiger partial charge in [0.15, 0.2) is 0 Å². The predicted octanol–water partition coefficient (Wildman–Crippen LogP) is 0.577. The molecule has 5 N–H and O–H groups in total. The van der Waals surface area contributed by atoms with Crippen LogP contribution in [0.25, 0.3) is 0 Å². The van der Waals surface area contributed by atoms with E-state index in [1.165, 1.54) is 0 Å². The number of carbonyl (C=O) groups is 1. The maximum absolute atomic E-state index is 11.3. The van der Waals surface area contributed by atoms with Gasteiger partial charge in [0.25, 0.3) is 0 Å². The highest BCUT2D eigenvalue weighted by molar-refractivity contribution is 7.52. The fourth-order valence-electron chi connectivity index (χ4n) is 1.62. The summed E-state index contributed by atoms with van der Waals surface area (Å²) in [6.45, 7) is 0. The Morgan fingerprint density at radius 2 is 1.83 bits per heavy atom. The number of nitrogens with two attached hydrogens (primary N) is 1. The number of hydrogen-bond donors (Lipinski definition) is 4. The average Bonchev–Trinajstić information content (AvgIpc) is 2.28. The van der Waals surface area contributed by atoms with Crippen LogP contribution in [0.4, 0.5) is 0 Å². The first-order valence-electron chi connectivity index (χ1n) is 5.38. The SMILES string of the molecule is N[C@@H](C[C@@H](Cc1ccccc1)P(=O)(O)O)C(=O)O. The minimum absolute atomic E-state index is 0.103. The Morgan fingerprint density at radius 1 is 1.28 bits per heavy atom. The summed E-state index contributed by atoms with van der Waals surface area (Å²) in [4.78, 5) is 29.1. The third-order valence-corrected chi connectivity index (χ3v) is 3.98. The lowest BCUT2D eigenvalue weighted by Gasteiger charge is -2.20. The fourth-order valence-corrected chi connectivity index (χ4v) is 2.57. The molecule has 100 valence electrons. The minimum atomic E-state index is -4.38. The number of aliphatic carboxylic acids is 1. The summed E-state index contributed by atoms with van der Waals surface area (Å²) in [7, 11) is -4.38. The molecule has 0 heterocycles. The summed E-state index contributed by atoms with van der Waals surface area (Å²) in [5, 5.41) is 8.68. The monoisotopic (exact) mass is 273 g/mol. The standard InChI is InChI=1S/C11H16NO5P/c12-10(11(13)14)7-9(18(15,16)17)6-8-4-2-1-3-5-8/h1-5,9-10H,6-7,12H2,(H,13,14)(H2,15,16,17)/t9-,10+/m1/s1. The van der Waals surface area contributed by atoms with Crippen molar-refractivity contribution in [2.75, 3.05) is 0 Å². The Bertz CT molecular complexity index is 444. The van der Waals surface area contributed by atoms with E-state index in [0.29, 0.717) is 0 Å². The van der Waals surface area contributed by atoms with Crippen LogP contribution in [0, 0.1) is 0 Å². The van der Waals surface area contributed by atoms with Gasteiger partial charge in [0.1, 0.15) is 6.04 Å². The van der Waals surface area contributed by atoms with Gasteiger partial charge < -0.3 is 20.6 Å². The van der Waals surface area contributed by atoms with E-state index in [2.05, 4.69) is 0 Å². The van der Waals surface area contributed by atoms with Gasteiger partial charge in [0, 0.05) is 0 Å². The van der Waals surface area contributed by atoms with Gasteiger partial charge in [0.05, 0.1) is 5.66 Å². The molecule has 18 heavy (non-hydrogen) atoms. The molecule has 0 saturated carbocycles. The van der Waals surface area contributed by atoms with Gasteiger partial charge in [-0.3, -0.25) is 9.36 Å². The summed E-state index contributed by atoms with van der Waals surface area (Å²) in [5.74, 6) is -1.26. The summed E-state index contributed by atoms with van der Waals surface area (Å²) in [6.07, 6.45) is -0.152. The van der Waals surface area contributed by atoms with Crippen molar-refractivity contribution in [3.8, 4) is 0 Å². The first-order chi connectivity index (χ1) is 8.30. The molecule has 0 unspecified atom stereocenters. The van der Waals surface area contributed by atoms with Gasteiger partial charge in [-0.15, -0.1) is 0 Å². The van der Waals surface area contributed by atoms with Crippen molar-refractivity contribution in [1.29, 1.82) is 0 Å². The summed E-state index contributed by atoms with van der Waals surface area (Å²) < 4.78 is 11.3. The van der Waals surface area contributed by atoms with Gasteiger partial charge in [-0.2, -0.15) is 0 Å². The second-order valence-electron chi connectivity index (χ2n) is 4.11. The molecule has 1 rings (SSSR count). The van der Waals surface area contributed by atoms with E-state index in [9.17, 15) is 19.1 Å². The van der Waals surface area contributed by atoms with Crippen LogP contribution < -0.4 is 5.73 Å². The number of benzene rings is 1. The number of carboxylic acid groups (broad SMARTS) is 1. The minimum Gasteiger partial charge on any atom is -0.480 e. The maximum atomic E-state index is 11.3. The lowest BCUT2D eigenvalue weighted by atomic mass is 10.0. The summed E-state index contributed by atoms with van der Waals surface area (Å²) >= 11 is 0. The molecule has 0 spiro atoms. The van der Waals surface area contributed by atoms with Crippen molar-refractivity contribution < 1.29 is 24.3 Å². The molecule has 0 aliphatic carbocycles. The van der Waals surface area contributed by atoms with Crippen molar-refractivity contribution >= 4 is 13.6 Å². The topological polar surface area (TPSA) is 121 Å². The molecule has 0 aromatic heterocycles. The molecular weight excluding hydrogens is 257 g/mol. The van der Waals surface area contributed by atoms with E-state index in [0.717, 1.165) is 5.56 Å². The Kier molecular flexibility index (Phi) is 5.04. The second kappa shape index (κ2) is 6.11. The zero-order valence-corrected chi connectivity index (χ0v) is 10.5. The van der Waals surface area contributed by atoms with Gasteiger partial charge in [-0.1, -0.05) is 30.3 Å². The second-order valence-corrected chi connectivity index (χ2v) is 6.02. The first kappa shape index (κ1) is 14.9. The van der Waals surface area contributed by atoms with Crippen LogP contribution in [0.15, 0.2) is 30.3 Å². The van der Waals surface area contributed by atoms with E-state index in [1.807, 2.05) is 0 Å². The van der Waals surface area contributed by atoms with E-state index >= 15 is 0 Å². The smallest absolute Gasteiger partial charge is 0.329 e. The third kappa shape index (κ3) is 4.58. The normalized spacial score (nSPS) is 15.1. The highest BCUT2D eigenvalue weighted by Crippen LogP contribution is 2.44. The van der Waals surface area contributed by atoms with Crippen molar-refractivity contribution in [3.63, 3.8) is 0 Å². The van der Waals surface area contributed by atoms with E-state index in [1.54, 1.807) is 30.3 Å². The Morgan fingerprint density at radius 3 is 2.28 bits per heavy atom. The van der Waals surface area contributed by atoms with Gasteiger partial charge in [-0.25, -0.2) is 0 Å². The molecule has 1 aromatic carbocycles. The Balaban J connectivity index is 2.81. The molecule has 1 aromatic rings. The highest BCUT2D eigenvalue weighted by Gasteiger charge is 2.32. The van der Waals surface area contributed by atoms with Gasteiger partial charge in [0.2, 0.25) is 0 Å². The lowest BCUT2D eigenvalue weighted by Crippen LogP contribution is -2.34. The largest absolute Gasteiger partial charge is 0.480 e. The summed E-state index contributed by atoms with van der Waals surface area (Å²) in [6, 6.07) is 7.49. The van der Waals surface area contributed by atoms with E-state index in [4.69, 9.17) is 10.8 Å². The molecule has 0 aliphatic heterocycles. The van der Waals surface area contributed by atoms with Crippen molar-refractivity contribution in [1.82, 2.24) is 0 Å². The number of carboxylic acids is 1. The molecule has 0 bridgehead atoms. The third-order valence-electron chi connectivity index (χ3n) is 2.63. The quantitative estimate of drug-likeness (QED) is 0.562. The molecule has 0 amide bonds. The van der Waals surface area contributed by atoms with E-state index in [-0.39, 0.29) is 12.8 Å². The summed E-state index contributed by atoms with van der Waals surface area (Å²) in [5.41, 5.74) is 4.99. The van der Waals surface area contributed by atoms with Crippen molar-refractivity contribution in [2.24, 2.45) is 5.73 Å². The van der Waals surface area contributed by atoms with Crippen molar-refractivity contribution in [2.45, 2.75) is 24.5 Å². The molecule has 2 atom stereocenters. The van der Waals surface area contributed by atoms with Crippen LogP contribution in [0.1, 0.15) is 12.0 Å². The first-order valence-corrected chi connectivity index (χ1v) is 7.06. The fraction of sp³-hybridized carbons (Fsp3) is 0.364. The van der Waals surface area contributed by atoms with E-state index < -0.39 is 25.3 Å². The molecule has 0 aliphatic rings. The molecule has 7 heteroatoms. The lowest BCUT2D eigenvalue weighted by molar-refractivity contribution is -0.138. The Labute approximate surface area is 105 Å². The highest BCUT2D eigenvalue weighted by atomic mass is 31.2. The maximum Gasteiger partial charge on any atom is 0.329 e. The molecule has 0 fully saturated rings. The van der Waals surface area contributed by atoms with Crippen LogP contribution in [0.3, 0.4) is 0 Å². The number of rotatable bonds is 6. The molecular formula is C11H16NO5P. The zero-order chi connectivity index (χ0) is 13.8. The van der Waals surface area contributed by atoms with Crippen molar-refractivity contribution in [3.05, 3.63) is 35.9 Å². The molecule has 0 radical (unpaired) electrons. The van der Waals surface area contributed by atoms with Crippen LogP contribution >= 0.6 is 7.60 Å². The molecule has 0 saturated heterocycles. The van der Waals surface area contributed by atoms with Gasteiger partial charge >= 0.3 is 13.6 Å². The van der Waals surface area contributed by atoms with Crippen LogP contribution in [-0.4, -0.2) is 32.6 Å². The zero-order valence-electron chi connectivity index (χ0n) is 9.64. The van der Waals surface area contributed by atoms with Crippen LogP contribution in [-0.2, 0) is 15.8 Å². The van der Waals surface area contributed by atoms with Crippen LogP contribution in [0.2, 0.25) is 0 Å². The number of hydrogen-bond acceptors (Lipinski definition) is 3.